The van der Waals surface area contributed by atoms with Crippen molar-refractivity contribution in [3.63, 3.8) is 0 Å². The molecule has 0 unspecified atom stereocenters. The van der Waals surface area contributed by atoms with Crippen LogP contribution in [0.4, 0.5) is 10.5 Å². The van der Waals surface area contributed by atoms with E-state index in [2.05, 4.69) is 31.5 Å². The van der Waals surface area contributed by atoms with Gasteiger partial charge in [-0.15, -0.1) is 0 Å². The summed E-state index contributed by atoms with van der Waals surface area (Å²) in [7, 11) is 0. The molecule has 0 spiro atoms. The van der Waals surface area contributed by atoms with Gasteiger partial charge in [-0.1, -0.05) is 22.8 Å². The van der Waals surface area contributed by atoms with Crippen molar-refractivity contribution in [2.45, 2.75) is 19.0 Å². The third kappa shape index (κ3) is 3.79. The number of H-pyrrole nitrogens is 1. The molecule has 1 aliphatic rings. The molecule has 0 saturated carbocycles. The van der Waals surface area contributed by atoms with Crippen LogP contribution in [-0.2, 0) is 13.0 Å². The zero-order chi connectivity index (χ0) is 22.1. The number of nitrogens with zero attached hydrogens (tertiary/aromatic N) is 5. The zero-order valence-corrected chi connectivity index (χ0v) is 17.4. The van der Waals surface area contributed by atoms with E-state index in [-0.39, 0.29) is 6.03 Å². The largest absolute Gasteiger partial charge is 0.347 e. The van der Waals surface area contributed by atoms with Gasteiger partial charge < -0.3 is 19.7 Å². The molecule has 0 fully saturated rings. The zero-order valence-electron chi connectivity index (χ0n) is 16.6. The topological polar surface area (TPSA) is 124 Å². The van der Waals surface area contributed by atoms with E-state index in [0.29, 0.717) is 41.0 Å². The second kappa shape index (κ2) is 8.17. The van der Waals surface area contributed by atoms with E-state index in [1.165, 1.54) is 0 Å². The first-order chi connectivity index (χ1) is 15.6. The smallest absolute Gasteiger partial charge is 0.322 e. The normalized spacial score (nSPS) is 15.1. The monoisotopic (exact) mass is 445 g/mol. The first-order valence-electron chi connectivity index (χ1n) is 9.79. The number of anilines is 1. The van der Waals surface area contributed by atoms with Gasteiger partial charge in [-0.3, -0.25) is 0 Å². The van der Waals surface area contributed by atoms with Crippen LogP contribution in [0.1, 0.15) is 28.9 Å². The maximum Gasteiger partial charge on any atom is 0.322 e. The van der Waals surface area contributed by atoms with Crippen molar-refractivity contribution in [2.75, 3.05) is 5.32 Å². The number of fused-ring (bicyclic) bond motifs is 1. The molecule has 158 valence electrons. The minimum Gasteiger partial charge on any atom is -0.347 e. The third-order valence-electron chi connectivity index (χ3n) is 5.23. The molecule has 4 aromatic rings. The molecular weight excluding hydrogens is 430 g/mol. The number of halogens is 1. The van der Waals surface area contributed by atoms with E-state index in [9.17, 15) is 4.79 Å². The fourth-order valence-electron chi connectivity index (χ4n) is 3.62. The standard InChI is InChI=1S/C22H16ClN7O2/c23-15-6-4-14(5-7-15)20-28-21(32-29-20)19-9-17-18(26-12-25-17)11-30(19)22(31)27-16-3-1-2-13(8-16)10-24/h1-8,12,19H,9,11H2,(H,25,26)(H,27,31)/t19-/m0/s1. The lowest BCUT2D eigenvalue weighted by atomic mass is 10.0. The quantitative estimate of drug-likeness (QED) is 0.484. The first-order valence-corrected chi connectivity index (χ1v) is 10.2. The summed E-state index contributed by atoms with van der Waals surface area (Å²) in [5.74, 6) is 0.719. The van der Waals surface area contributed by atoms with Crippen molar-refractivity contribution in [2.24, 2.45) is 0 Å². The van der Waals surface area contributed by atoms with Gasteiger partial charge in [-0.05, 0) is 42.5 Å². The minimum absolute atomic E-state index is 0.294. The Morgan fingerprint density at radius 1 is 1.28 bits per heavy atom. The SMILES string of the molecule is N#Cc1cccc(NC(=O)N2Cc3[nH]cnc3C[C@H]2c2nc(-c3ccc(Cl)cc3)no2)c1. The highest BCUT2D eigenvalue weighted by molar-refractivity contribution is 6.30. The highest BCUT2D eigenvalue weighted by Gasteiger charge is 2.36. The van der Waals surface area contributed by atoms with E-state index in [4.69, 9.17) is 21.4 Å². The van der Waals surface area contributed by atoms with Crippen LogP contribution < -0.4 is 5.32 Å². The molecule has 2 amide bonds. The Bertz CT molecular complexity index is 1320. The lowest BCUT2D eigenvalue weighted by molar-refractivity contribution is 0.155. The molecule has 1 aliphatic heterocycles. The Kier molecular flexibility index (Phi) is 5.05. The second-order valence-corrected chi connectivity index (χ2v) is 7.70. The Hall–Kier alpha value is -4.16. The predicted molar refractivity (Wildman–Crippen MR) is 115 cm³/mol. The van der Waals surface area contributed by atoms with Gasteiger partial charge >= 0.3 is 6.03 Å². The summed E-state index contributed by atoms with van der Waals surface area (Å²) in [6, 6.07) is 15.0. The van der Waals surface area contributed by atoms with Crippen LogP contribution in [0, 0.1) is 11.3 Å². The number of rotatable bonds is 3. The Balaban J connectivity index is 1.44. The van der Waals surface area contributed by atoms with Gasteiger partial charge in [0.25, 0.3) is 0 Å². The van der Waals surface area contributed by atoms with Crippen LogP contribution in [0.25, 0.3) is 11.4 Å². The minimum atomic E-state index is -0.501. The summed E-state index contributed by atoms with van der Waals surface area (Å²) in [5.41, 5.74) is 3.43. The molecule has 2 aromatic carbocycles. The highest BCUT2D eigenvalue weighted by Crippen LogP contribution is 2.33. The molecule has 0 bridgehead atoms. The van der Waals surface area contributed by atoms with E-state index in [1.807, 2.05) is 0 Å². The summed E-state index contributed by atoms with van der Waals surface area (Å²) >= 11 is 5.96. The summed E-state index contributed by atoms with van der Waals surface area (Å²) < 4.78 is 5.55. The van der Waals surface area contributed by atoms with Gasteiger partial charge in [0.2, 0.25) is 11.7 Å². The number of nitrogens with one attached hydrogen (secondary N) is 2. The number of benzene rings is 2. The number of imidazole rings is 1. The van der Waals surface area contributed by atoms with Crippen LogP contribution in [0.5, 0.6) is 0 Å². The number of urea groups is 1. The third-order valence-corrected chi connectivity index (χ3v) is 5.48. The van der Waals surface area contributed by atoms with Crippen molar-refractivity contribution in [3.8, 4) is 17.5 Å². The molecular formula is C22H16ClN7O2. The summed E-state index contributed by atoms with van der Waals surface area (Å²) in [5, 5.41) is 16.7. The van der Waals surface area contributed by atoms with Crippen LogP contribution in [-0.4, -0.2) is 31.0 Å². The summed E-state index contributed by atoms with van der Waals surface area (Å²) in [6.07, 6.45) is 2.03. The van der Waals surface area contributed by atoms with E-state index in [0.717, 1.165) is 17.0 Å². The van der Waals surface area contributed by atoms with Gasteiger partial charge in [0.05, 0.1) is 35.9 Å². The van der Waals surface area contributed by atoms with Crippen molar-refractivity contribution in [1.82, 2.24) is 25.0 Å². The lowest BCUT2D eigenvalue weighted by Crippen LogP contribution is -2.41. The van der Waals surface area contributed by atoms with Crippen molar-refractivity contribution < 1.29 is 9.32 Å². The molecule has 1 atom stereocenters. The molecule has 2 aromatic heterocycles. The van der Waals surface area contributed by atoms with Gasteiger partial charge in [-0.25, -0.2) is 9.78 Å². The average Bonchev–Trinajstić information content (AvgIpc) is 3.48. The number of carbonyl (C=O) groups is 1. The van der Waals surface area contributed by atoms with Crippen molar-refractivity contribution in [1.29, 1.82) is 5.26 Å². The van der Waals surface area contributed by atoms with E-state index < -0.39 is 6.04 Å². The number of nitriles is 1. The van der Waals surface area contributed by atoms with Crippen LogP contribution in [0.15, 0.2) is 59.4 Å². The van der Waals surface area contributed by atoms with E-state index >= 15 is 0 Å². The number of hydrogen-bond acceptors (Lipinski definition) is 6. The lowest BCUT2D eigenvalue weighted by Gasteiger charge is -2.32. The first kappa shape index (κ1) is 19.8. The molecule has 0 radical (unpaired) electrons. The number of amides is 2. The molecule has 0 aliphatic carbocycles. The molecule has 9 nitrogen and oxygen atoms in total. The van der Waals surface area contributed by atoms with E-state index in [1.54, 1.807) is 59.8 Å². The highest BCUT2D eigenvalue weighted by atomic mass is 35.5. The van der Waals surface area contributed by atoms with Gasteiger partial charge in [0.15, 0.2) is 0 Å². The Morgan fingerprint density at radius 2 is 2.12 bits per heavy atom. The van der Waals surface area contributed by atoms with Gasteiger partial charge in [0.1, 0.15) is 6.04 Å². The molecule has 3 heterocycles. The molecule has 5 rings (SSSR count). The van der Waals surface area contributed by atoms with Gasteiger partial charge in [-0.2, -0.15) is 10.2 Å². The van der Waals surface area contributed by atoms with Crippen molar-refractivity contribution >= 4 is 23.3 Å². The molecule has 10 heteroatoms. The maximum absolute atomic E-state index is 13.2. The molecule has 32 heavy (non-hydrogen) atoms. The number of aromatic amines is 1. The Morgan fingerprint density at radius 3 is 2.94 bits per heavy atom. The summed E-state index contributed by atoms with van der Waals surface area (Å²) in [4.78, 5) is 26.8. The van der Waals surface area contributed by atoms with Gasteiger partial charge in [0, 0.05) is 22.7 Å². The summed E-state index contributed by atoms with van der Waals surface area (Å²) in [6.45, 7) is 0.294. The van der Waals surface area contributed by atoms with Crippen LogP contribution in [0.3, 0.4) is 0 Å². The molecule has 2 N–H and O–H groups in total. The van der Waals surface area contributed by atoms with Crippen LogP contribution in [0.2, 0.25) is 5.02 Å². The number of aromatic nitrogens is 4. The molecule has 0 saturated heterocycles. The Labute approximate surface area is 187 Å². The maximum atomic E-state index is 13.2. The number of hydrogen-bond donors (Lipinski definition) is 2. The van der Waals surface area contributed by atoms with Crippen molar-refractivity contribution in [3.05, 3.63) is 82.7 Å². The number of carbonyl (C=O) groups excluding carboxylic acids is 1. The fraction of sp³-hybridized carbons (Fsp3) is 0.136. The predicted octanol–water partition coefficient (Wildman–Crippen LogP) is 4.32. The second-order valence-electron chi connectivity index (χ2n) is 7.26. The average molecular weight is 446 g/mol. The fourth-order valence-corrected chi connectivity index (χ4v) is 3.74. The van der Waals surface area contributed by atoms with Crippen LogP contribution >= 0.6 is 11.6 Å².